The van der Waals surface area contributed by atoms with E-state index in [1.165, 1.54) is 51.4 Å². The van der Waals surface area contributed by atoms with Crippen LogP contribution in [0.4, 0.5) is 0 Å². The number of aliphatic imine (C=N–C) groups is 2. The van der Waals surface area contributed by atoms with Crippen molar-refractivity contribution in [1.29, 1.82) is 0 Å². The average Bonchev–Trinajstić information content (AvgIpc) is 2.96. The van der Waals surface area contributed by atoms with Crippen LogP contribution in [0.5, 0.6) is 23.0 Å². The summed E-state index contributed by atoms with van der Waals surface area (Å²) in [6.45, 7) is 1.48. The number of nitrogens with two attached hydrogens (primary N) is 2. The van der Waals surface area contributed by atoms with Crippen LogP contribution in [-0.4, -0.2) is 53.2 Å². The quantitative estimate of drug-likeness (QED) is 0.107. The van der Waals surface area contributed by atoms with Gasteiger partial charge in [-0.2, -0.15) is 0 Å². The van der Waals surface area contributed by atoms with E-state index in [0.717, 1.165) is 37.1 Å². The Morgan fingerprint density at radius 1 is 0.475 bits per heavy atom. The number of hydrogen-bond acceptors (Lipinski definition) is 6. The molecule has 0 fully saturated rings. The molecule has 0 aromatic heterocycles. The normalized spacial score (nSPS) is 11.3. The highest BCUT2D eigenvalue weighted by atomic mass is 35.5. The topological polar surface area (TPSA) is 114 Å². The van der Waals surface area contributed by atoms with Gasteiger partial charge in [0.25, 0.3) is 0 Å². The first kappa shape index (κ1) is 37.2. The third kappa shape index (κ3) is 14.0. The van der Waals surface area contributed by atoms with Crippen molar-refractivity contribution in [1.82, 2.24) is 0 Å². The summed E-state index contributed by atoms with van der Waals surface area (Å²) in [5.74, 6) is 3.89. The Balaban J connectivity index is 0.00000760. The minimum atomic E-state index is 0. The second kappa shape index (κ2) is 21.9. The predicted molar refractivity (Wildman–Crippen MR) is 171 cm³/mol. The van der Waals surface area contributed by atoms with E-state index in [-0.39, 0.29) is 24.8 Å². The van der Waals surface area contributed by atoms with Gasteiger partial charge in [0.2, 0.25) is 0 Å². The third-order valence-electron chi connectivity index (χ3n) is 6.42. The molecule has 0 radical (unpaired) electrons. The van der Waals surface area contributed by atoms with Crippen molar-refractivity contribution in [2.24, 2.45) is 21.5 Å². The number of rotatable bonds is 19. The molecule has 2 aromatic carbocycles. The number of ether oxygens (including phenoxy) is 4. The summed E-state index contributed by atoms with van der Waals surface area (Å²) < 4.78 is 21.2. The largest absolute Gasteiger partial charge is 0.497 e. The second-order valence-corrected chi connectivity index (χ2v) is 9.27. The van der Waals surface area contributed by atoms with Gasteiger partial charge in [-0.05, 0) is 37.1 Å². The van der Waals surface area contributed by atoms with Crippen molar-refractivity contribution in [2.75, 3.05) is 41.5 Å². The summed E-state index contributed by atoms with van der Waals surface area (Å²) in [5, 5.41) is 0. The lowest BCUT2D eigenvalue weighted by Crippen LogP contribution is -2.14. The molecule has 0 bridgehead atoms. The number of benzene rings is 2. The molecule has 0 heterocycles. The second-order valence-electron chi connectivity index (χ2n) is 9.27. The number of amidine groups is 2. The fourth-order valence-corrected chi connectivity index (χ4v) is 4.13. The Bertz CT molecular complexity index is 909. The van der Waals surface area contributed by atoms with Crippen molar-refractivity contribution in [2.45, 2.75) is 64.2 Å². The molecule has 8 nitrogen and oxygen atoms in total. The molecule has 2 aromatic rings. The molecule has 40 heavy (non-hydrogen) atoms. The highest BCUT2D eigenvalue weighted by Gasteiger charge is 2.06. The molecule has 2 rings (SSSR count). The standard InChI is InChI=1S/C30H46N4O4.2ClH/c1-35-25-17-23(18-26(21-25)36-2)29(31)33-15-13-11-9-7-5-6-8-10-12-14-16-34-30(32)24-19-27(37-3)22-28(20-24)38-4;;/h17-22H,5-16H2,1-4H3,(H2,31,33)(H2,32,34);2*1H. The predicted octanol–water partition coefficient (Wildman–Crippen LogP) is 6.58. The first-order valence-corrected chi connectivity index (χ1v) is 13.6. The van der Waals surface area contributed by atoms with E-state index in [9.17, 15) is 0 Å². The van der Waals surface area contributed by atoms with Gasteiger partial charge in [0, 0.05) is 36.3 Å². The van der Waals surface area contributed by atoms with E-state index in [2.05, 4.69) is 9.98 Å². The van der Waals surface area contributed by atoms with Crippen LogP contribution < -0.4 is 30.4 Å². The highest BCUT2D eigenvalue weighted by Crippen LogP contribution is 2.23. The summed E-state index contributed by atoms with van der Waals surface area (Å²) in [6.07, 6.45) is 12.1. The number of halogens is 2. The number of hydrogen-bond donors (Lipinski definition) is 2. The lowest BCUT2D eigenvalue weighted by atomic mass is 10.1. The molecule has 0 aliphatic heterocycles. The van der Waals surface area contributed by atoms with Crippen LogP contribution in [0.2, 0.25) is 0 Å². The molecule has 0 saturated carbocycles. The first-order chi connectivity index (χ1) is 18.5. The number of nitrogens with zero attached hydrogens (tertiary/aromatic N) is 2. The summed E-state index contributed by atoms with van der Waals surface area (Å²) in [7, 11) is 6.51. The van der Waals surface area contributed by atoms with E-state index in [1.807, 2.05) is 36.4 Å². The van der Waals surface area contributed by atoms with Crippen molar-refractivity contribution in [3.8, 4) is 23.0 Å². The van der Waals surface area contributed by atoms with Crippen LogP contribution in [0, 0.1) is 0 Å². The van der Waals surface area contributed by atoms with Gasteiger partial charge in [-0.3, -0.25) is 9.98 Å². The van der Waals surface area contributed by atoms with Gasteiger partial charge >= 0.3 is 0 Å². The summed E-state index contributed by atoms with van der Waals surface area (Å²) >= 11 is 0. The number of methoxy groups -OCH3 is 4. The minimum absolute atomic E-state index is 0. The molecular weight excluding hydrogens is 551 g/mol. The maximum Gasteiger partial charge on any atom is 0.125 e. The van der Waals surface area contributed by atoms with Gasteiger partial charge in [0.05, 0.1) is 28.4 Å². The van der Waals surface area contributed by atoms with Crippen LogP contribution in [0.15, 0.2) is 46.4 Å². The van der Waals surface area contributed by atoms with E-state index < -0.39 is 0 Å². The molecule has 0 unspecified atom stereocenters. The van der Waals surface area contributed by atoms with Crippen molar-refractivity contribution < 1.29 is 18.9 Å². The zero-order valence-corrected chi connectivity index (χ0v) is 26.1. The van der Waals surface area contributed by atoms with Gasteiger partial charge in [0.1, 0.15) is 34.7 Å². The van der Waals surface area contributed by atoms with Gasteiger partial charge < -0.3 is 30.4 Å². The average molecular weight is 600 g/mol. The third-order valence-corrected chi connectivity index (χ3v) is 6.42. The highest BCUT2D eigenvalue weighted by molar-refractivity contribution is 5.98. The molecule has 0 atom stereocenters. The minimum Gasteiger partial charge on any atom is -0.497 e. The lowest BCUT2D eigenvalue weighted by molar-refractivity contribution is 0.394. The molecule has 226 valence electrons. The molecule has 10 heteroatoms. The van der Waals surface area contributed by atoms with Crippen molar-refractivity contribution in [3.63, 3.8) is 0 Å². The van der Waals surface area contributed by atoms with E-state index in [0.29, 0.717) is 34.7 Å². The zero-order chi connectivity index (χ0) is 27.6. The van der Waals surface area contributed by atoms with Gasteiger partial charge in [-0.1, -0.05) is 51.4 Å². The molecule has 0 spiro atoms. The molecule has 0 aliphatic rings. The maximum absolute atomic E-state index is 6.16. The summed E-state index contributed by atoms with van der Waals surface area (Å²) in [6, 6.07) is 11.2. The Kier molecular flexibility index (Phi) is 20.4. The lowest BCUT2D eigenvalue weighted by Gasteiger charge is -2.08. The molecule has 0 amide bonds. The van der Waals surface area contributed by atoms with Gasteiger partial charge in [0.15, 0.2) is 0 Å². The molecule has 0 aliphatic carbocycles. The van der Waals surface area contributed by atoms with E-state index in [1.54, 1.807) is 28.4 Å². The van der Waals surface area contributed by atoms with Crippen molar-refractivity contribution in [3.05, 3.63) is 47.5 Å². The Morgan fingerprint density at radius 2 is 0.725 bits per heavy atom. The summed E-state index contributed by atoms with van der Waals surface area (Å²) in [5.41, 5.74) is 14.0. The Hall–Kier alpha value is -2.84. The monoisotopic (exact) mass is 598 g/mol. The molecule has 0 saturated heterocycles. The number of unbranched alkanes of at least 4 members (excludes halogenated alkanes) is 9. The SMILES string of the molecule is COc1cc(OC)cc(C(N)=NCCCCCCCCCCCCN=C(N)c2cc(OC)cc(OC)c2)c1.Cl.Cl. The maximum atomic E-state index is 6.16. The van der Waals surface area contributed by atoms with E-state index >= 15 is 0 Å². The Labute approximate surface area is 252 Å². The van der Waals surface area contributed by atoms with Crippen LogP contribution in [0.1, 0.15) is 75.3 Å². The van der Waals surface area contributed by atoms with Crippen LogP contribution in [-0.2, 0) is 0 Å². The van der Waals surface area contributed by atoms with Crippen LogP contribution in [0.3, 0.4) is 0 Å². The van der Waals surface area contributed by atoms with Crippen LogP contribution in [0.25, 0.3) is 0 Å². The van der Waals surface area contributed by atoms with Crippen molar-refractivity contribution >= 4 is 36.5 Å². The smallest absolute Gasteiger partial charge is 0.125 e. The molecule has 4 N–H and O–H groups in total. The van der Waals surface area contributed by atoms with Crippen LogP contribution >= 0.6 is 24.8 Å². The van der Waals surface area contributed by atoms with Gasteiger partial charge in [-0.15, -0.1) is 24.8 Å². The first-order valence-electron chi connectivity index (χ1n) is 13.6. The Morgan fingerprint density at radius 3 is 0.975 bits per heavy atom. The summed E-state index contributed by atoms with van der Waals surface area (Å²) in [4.78, 5) is 9.05. The van der Waals surface area contributed by atoms with E-state index in [4.69, 9.17) is 30.4 Å². The van der Waals surface area contributed by atoms with Gasteiger partial charge in [-0.25, -0.2) is 0 Å². The molecular formula is C30H48Cl2N4O4. The fourth-order valence-electron chi connectivity index (χ4n) is 4.13. The fraction of sp³-hybridized carbons (Fsp3) is 0.533. The zero-order valence-electron chi connectivity index (χ0n) is 24.4.